The van der Waals surface area contributed by atoms with Crippen LogP contribution in [0.25, 0.3) is 0 Å². The predicted octanol–water partition coefficient (Wildman–Crippen LogP) is 3.85. The van der Waals surface area contributed by atoms with Crippen molar-refractivity contribution in [1.82, 2.24) is 4.90 Å². The fourth-order valence-corrected chi connectivity index (χ4v) is 5.48. The third-order valence-electron chi connectivity index (χ3n) is 5.99. The summed E-state index contributed by atoms with van der Waals surface area (Å²) in [5.41, 5.74) is 2.79. The molecule has 1 aliphatic heterocycles. The lowest BCUT2D eigenvalue weighted by atomic mass is 9.92. The molecule has 162 valence electrons. The van der Waals surface area contributed by atoms with Crippen LogP contribution in [-0.2, 0) is 22.9 Å². The van der Waals surface area contributed by atoms with E-state index in [0.29, 0.717) is 11.4 Å². The molecule has 1 N–H and O–H groups in total. The Morgan fingerprint density at radius 1 is 1.00 bits per heavy atom. The first-order chi connectivity index (χ1) is 14.4. The van der Waals surface area contributed by atoms with Gasteiger partial charge in [-0.2, -0.15) is 0 Å². The number of benzene rings is 2. The molecular formula is C23H30N2O4S. The van der Waals surface area contributed by atoms with Crippen LogP contribution in [0.4, 0.5) is 5.69 Å². The Hall–Kier alpha value is -2.25. The van der Waals surface area contributed by atoms with E-state index < -0.39 is 10.0 Å². The number of fused-ring (bicyclic) bond motifs is 1. The Morgan fingerprint density at radius 2 is 1.63 bits per heavy atom. The number of anilines is 1. The van der Waals surface area contributed by atoms with E-state index in [9.17, 15) is 8.42 Å². The van der Waals surface area contributed by atoms with Crippen molar-refractivity contribution in [1.29, 1.82) is 0 Å². The molecule has 30 heavy (non-hydrogen) atoms. The van der Waals surface area contributed by atoms with Gasteiger partial charge in [-0.3, -0.25) is 4.72 Å². The van der Waals surface area contributed by atoms with Crippen molar-refractivity contribution in [3.63, 3.8) is 0 Å². The number of nitrogens with zero attached hydrogens (tertiary/aromatic N) is 1. The van der Waals surface area contributed by atoms with Crippen molar-refractivity contribution in [3.8, 4) is 11.5 Å². The second kappa shape index (κ2) is 8.86. The Kier molecular flexibility index (Phi) is 6.20. The third kappa shape index (κ3) is 4.73. The first kappa shape index (κ1) is 21.0. The minimum absolute atomic E-state index is 0.192. The molecule has 0 saturated carbocycles. The van der Waals surface area contributed by atoms with Gasteiger partial charge in [0.1, 0.15) is 22.5 Å². The molecule has 2 aromatic rings. The molecule has 0 atom stereocenters. The number of aryl methyl sites for hydroxylation is 2. The molecule has 0 aromatic heterocycles. The Labute approximate surface area is 179 Å². The highest BCUT2D eigenvalue weighted by Crippen LogP contribution is 2.33. The molecular weight excluding hydrogens is 400 g/mol. The Balaban J connectivity index is 1.48. The van der Waals surface area contributed by atoms with Gasteiger partial charge in [-0.15, -0.1) is 0 Å². The van der Waals surface area contributed by atoms with E-state index >= 15 is 0 Å². The van der Waals surface area contributed by atoms with Crippen LogP contribution >= 0.6 is 0 Å². The van der Waals surface area contributed by atoms with Crippen molar-refractivity contribution in [2.75, 3.05) is 32.0 Å². The topological polar surface area (TPSA) is 67.9 Å². The molecule has 0 radical (unpaired) electrons. The Morgan fingerprint density at radius 3 is 2.27 bits per heavy atom. The quantitative estimate of drug-likeness (QED) is 0.754. The third-order valence-corrected chi connectivity index (χ3v) is 7.39. The van der Waals surface area contributed by atoms with Crippen molar-refractivity contribution in [2.24, 2.45) is 0 Å². The van der Waals surface area contributed by atoms with Crippen LogP contribution in [0.2, 0.25) is 0 Å². The van der Waals surface area contributed by atoms with E-state index in [4.69, 9.17) is 9.47 Å². The number of rotatable bonds is 6. The minimum Gasteiger partial charge on any atom is -0.495 e. The summed E-state index contributed by atoms with van der Waals surface area (Å²) in [6, 6.07) is 10.8. The maximum atomic E-state index is 13.1. The van der Waals surface area contributed by atoms with Gasteiger partial charge in [0.15, 0.2) is 0 Å². The number of nitrogens with one attached hydrogen (secondary N) is 1. The van der Waals surface area contributed by atoms with Gasteiger partial charge in [0.2, 0.25) is 0 Å². The van der Waals surface area contributed by atoms with Gasteiger partial charge in [-0.05, 0) is 93.1 Å². The average molecular weight is 431 g/mol. The summed E-state index contributed by atoms with van der Waals surface area (Å²) >= 11 is 0. The number of methoxy groups -OCH3 is 1. The lowest BCUT2D eigenvalue weighted by Crippen LogP contribution is -2.35. The van der Waals surface area contributed by atoms with Crippen LogP contribution < -0.4 is 14.2 Å². The highest BCUT2D eigenvalue weighted by Gasteiger charge is 2.24. The maximum absolute atomic E-state index is 13.1. The molecule has 0 unspecified atom stereocenters. The van der Waals surface area contributed by atoms with Crippen LogP contribution in [-0.4, -0.2) is 46.7 Å². The highest BCUT2D eigenvalue weighted by molar-refractivity contribution is 7.92. The zero-order valence-electron chi connectivity index (χ0n) is 17.7. The predicted molar refractivity (Wildman–Crippen MR) is 118 cm³/mol. The molecule has 2 aromatic carbocycles. The zero-order valence-corrected chi connectivity index (χ0v) is 18.5. The molecule has 1 heterocycles. The number of sulfonamides is 1. The van der Waals surface area contributed by atoms with Gasteiger partial charge in [0.25, 0.3) is 10.0 Å². The number of likely N-dealkylation sites (tertiary alicyclic amines) is 1. The van der Waals surface area contributed by atoms with Gasteiger partial charge in [0.05, 0.1) is 7.11 Å². The van der Waals surface area contributed by atoms with E-state index in [1.807, 2.05) is 18.2 Å². The monoisotopic (exact) mass is 430 g/mol. The minimum atomic E-state index is -3.76. The summed E-state index contributed by atoms with van der Waals surface area (Å²) in [4.78, 5) is 2.49. The van der Waals surface area contributed by atoms with Crippen molar-refractivity contribution in [2.45, 2.75) is 49.5 Å². The number of ether oxygens (including phenoxy) is 2. The average Bonchev–Trinajstić information content (AvgIpc) is 2.75. The van der Waals surface area contributed by atoms with Crippen LogP contribution in [0.1, 0.15) is 36.8 Å². The summed E-state index contributed by atoms with van der Waals surface area (Å²) in [5, 5.41) is 0. The molecule has 6 nitrogen and oxygen atoms in total. The molecule has 1 saturated heterocycles. The fraction of sp³-hybridized carbons (Fsp3) is 0.478. The molecule has 7 heteroatoms. The normalized spacial score (nSPS) is 17.9. The van der Waals surface area contributed by atoms with Crippen LogP contribution in [0.3, 0.4) is 0 Å². The van der Waals surface area contributed by atoms with E-state index in [-0.39, 0.29) is 11.0 Å². The van der Waals surface area contributed by atoms with Gasteiger partial charge >= 0.3 is 0 Å². The van der Waals surface area contributed by atoms with Crippen molar-refractivity contribution in [3.05, 3.63) is 47.5 Å². The van der Waals surface area contributed by atoms with Gasteiger partial charge in [-0.1, -0.05) is 0 Å². The van der Waals surface area contributed by atoms with E-state index in [0.717, 1.165) is 62.9 Å². The summed E-state index contributed by atoms with van der Waals surface area (Å²) in [6.07, 6.45) is 6.32. The van der Waals surface area contributed by atoms with Crippen LogP contribution in [0, 0.1) is 0 Å². The number of hydrogen-bond donors (Lipinski definition) is 1. The number of hydrogen-bond acceptors (Lipinski definition) is 5. The molecule has 2 aliphatic rings. The van der Waals surface area contributed by atoms with Crippen LogP contribution in [0.15, 0.2) is 41.3 Å². The standard InChI is InChI=1S/C23H30N2O4S/c1-25-13-11-21(12-14-25)29-20-9-7-19(8-10-20)24-30(26,27)23-16-18-6-4-3-5-17(18)15-22(23)28-2/h7-10,15-16,21,24H,3-6,11-14H2,1-2H3. The zero-order chi connectivity index (χ0) is 21.1. The van der Waals surface area contributed by atoms with Gasteiger partial charge in [0, 0.05) is 18.8 Å². The van der Waals surface area contributed by atoms with E-state index in [1.165, 1.54) is 12.7 Å². The molecule has 4 rings (SSSR count). The second-order valence-corrected chi connectivity index (χ2v) is 9.88. The molecule has 0 spiro atoms. The Bertz CT molecular complexity index is 981. The molecule has 0 bridgehead atoms. The summed E-state index contributed by atoms with van der Waals surface area (Å²) in [6.45, 7) is 2.07. The smallest absolute Gasteiger partial charge is 0.265 e. The summed E-state index contributed by atoms with van der Waals surface area (Å²) in [5.74, 6) is 1.16. The largest absolute Gasteiger partial charge is 0.495 e. The van der Waals surface area contributed by atoms with Crippen molar-refractivity contribution >= 4 is 15.7 Å². The summed E-state index contributed by atoms with van der Waals surface area (Å²) in [7, 11) is -0.125. The summed E-state index contributed by atoms with van der Waals surface area (Å²) < 4.78 is 40.3. The lowest BCUT2D eigenvalue weighted by Gasteiger charge is -2.29. The van der Waals surface area contributed by atoms with Gasteiger partial charge < -0.3 is 14.4 Å². The van der Waals surface area contributed by atoms with Gasteiger partial charge in [-0.25, -0.2) is 8.42 Å². The number of piperidine rings is 1. The van der Waals surface area contributed by atoms with Crippen molar-refractivity contribution < 1.29 is 17.9 Å². The SMILES string of the molecule is COc1cc2c(cc1S(=O)(=O)Nc1ccc(OC3CCN(C)CC3)cc1)CCCC2. The maximum Gasteiger partial charge on any atom is 0.265 e. The highest BCUT2D eigenvalue weighted by atomic mass is 32.2. The molecule has 0 amide bonds. The lowest BCUT2D eigenvalue weighted by molar-refractivity contribution is 0.114. The first-order valence-corrected chi connectivity index (χ1v) is 12.1. The molecule has 1 aliphatic carbocycles. The second-order valence-electron chi connectivity index (χ2n) is 8.23. The van der Waals surface area contributed by atoms with Crippen LogP contribution in [0.5, 0.6) is 11.5 Å². The molecule has 1 fully saturated rings. The first-order valence-electron chi connectivity index (χ1n) is 10.6. The fourth-order valence-electron chi connectivity index (χ4n) is 4.22. The van der Waals surface area contributed by atoms with E-state index in [1.54, 1.807) is 18.2 Å². The van der Waals surface area contributed by atoms with E-state index in [2.05, 4.69) is 16.7 Å².